The van der Waals surface area contributed by atoms with Crippen molar-refractivity contribution in [1.82, 2.24) is 20.0 Å². The SMILES string of the molecule is C/C(N)=C(\COc1ccc(N2CC(C(=O)Nc3cnn(C)c3)C2)nn1)N(N)c1ccc(C(F)F)cc1. The van der Waals surface area contributed by atoms with E-state index in [0.717, 1.165) is 0 Å². The van der Waals surface area contributed by atoms with Crippen LogP contribution in [0.2, 0.25) is 0 Å². The number of nitrogens with two attached hydrogens (primary N) is 2. The predicted molar refractivity (Wildman–Crippen MR) is 130 cm³/mol. The molecule has 1 amide bonds. The van der Waals surface area contributed by atoms with Crippen molar-refractivity contribution in [2.45, 2.75) is 13.3 Å². The Labute approximate surface area is 206 Å². The number of nitrogens with zero attached hydrogens (tertiary/aromatic N) is 6. The lowest BCUT2D eigenvalue weighted by atomic mass is 9.99. The molecule has 0 radical (unpaired) electrons. The highest BCUT2D eigenvalue weighted by Gasteiger charge is 2.34. The van der Waals surface area contributed by atoms with E-state index in [9.17, 15) is 13.6 Å². The number of amides is 1. The fourth-order valence-corrected chi connectivity index (χ4v) is 3.57. The summed E-state index contributed by atoms with van der Waals surface area (Å²) in [6.07, 6.45) is 0.767. The van der Waals surface area contributed by atoms with Crippen molar-refractivity contribution < 1.29 is 18.3 Å². The monoisotopic (exact) mass is 499 g/mol. The van der Waals surface area contributed by atoms with E-state index in [1.807, 2.05) is 4.90 Å². The number of allylic oxidation sites excluding steroid dienone is 1. The number of aromatic nitrogens is 4. The molecule has 11 nitrogen and oxygen atoms in total. The van der Waals surface area contributed by atoms with Crippen LogP contribution in [0.25, 0.3) is 0 Å². The fraction of sp³-hybridized carbons (Fsp3) is 0.304. The zero-order valence-electron chi connectivity index (χ0n) is 19.8. The lowest BCUT2D eigenvalue weighted by Crippen LogP contribution is -2.52. The summed E-state index contributed by atoms with van der Waals surface area (Å²) in [4.78, 5) is 14.3. The Morgan fingerprint density at radius 3 is 2.50 bits per heavy atom. The van der Waals surface area contributed by atoms with Gasteiger partial charge in [0.25, 0.3) is 6.43 Å². The van der Waals surface area contributed by atoms with E-state index in [-0.39, 0.29) is 29.9 Å². The van der Waals surface area contributed by atoms with Crippen molar-refractivity contribution in [2.75, 3.05) is 34.9 Å². The second kappa shape index (κ2) is 10.6. The number of ether oxygens (including phenoxy) is 1. The van der Waals surface area contributed by atoms with Gasteiger partial charge in [-0.25, -0.2) is 14.6 Å². The van der Waals surface area contributed by atoms with Crippen molar-refractivity contribution in [3.05, 3.63) is 65.7 Å². The van der Waals surface area contributed by atoms with E-state index < -0.39 is 6.43 Å². The Morgan fingerprint density at radius 1 is 1.22 bits per heavy atom. The smallest absolute Gasteiger partial charge is 0.263 e. The average molecular weight is 500 g/mol. The van der Waals surface area contributed by atoms with Crippen LogP contribution in [-0.4, -0.2) is 45.6 Å². The summed E-state index contributed by atoms with van der Waals surface area (Å²) >= 11 is 0. The summed E-state index contributed by atoms with van der Waals surface area (Å²) in [5.41, 5.74) is 7.84. The van der Waals surface area contributed by atoms with Crippen LogP contribution in [0.5, 0.6) is 5.88 Å². The molecule has 2 aromatic heterocycles. The standard InChI is InChI=1S/C23H27F2N9O2/c1-14(26)19(34(27)18-5-3-15(4-6-18)22(24)25)13-36-21-8-7-20(30-31-21)33-10-16(11-33)23(35)29-17-9-28-32(2)12-17/h3-9,12,16,22H,10-11,13,26-27H2,1-2H3,(H,29,35)/b19-14-. The van der Waals surface area contributed by atoms with Gasteiger partial charge in [0.2, 0.25) is 11.8 Å². The molecule has 0 saturated carbocycles. The largest absolute Gasteiger partial charge is 0.470 e. The molecular formula is C23H27F2N9O2. The number of hydrazine groups is 1. The first kappa shape index (κ1) is 24.9. The van der Waals surface area contributed by atoms with Gasteiger partial charge in [-0.05, 0) is 25.1 Å². The molecule has 3 heterocycles. The first-order chi connectivity index (χ1) is 17.2. The maximum Gasteiger partial charge on any atom is 0.263 e. The van der Waals surface area contributed by atoms with Crippen LogP contribution >= 0.6 is 0 Å². The van der Waals surface area contributed by atoms with Crippen molar-refractivity contribution in [1.29, 1.82) is 0 Å². The van der Waals surface area contributed by atoms with Gasteiger partial charge in [-0.3, -0.25) is 14.5 Å². The molecule has 1 saturated heterocycles. The van der Waals surface area contributed by atoms with E-state index in [1.165, 1.54) is 29.3 Å². The first-order valence-electron chi connectivity index (χ1n) is 11.1. The van der Waals surface area contributed by atoms with Gasteiger partial charge in [0.15, 0.2) is 5.82 Å². The zero-order chi connectivity index (χ0) is 25.8. The molecule has 1 fully saturated rings. The maximum absolute atomic E-state index is 12.8. The molecule has 3 aromatic rings. The minimum atomic E-state index is -2.56. The van der Waals surface area contributed by atoms with E-state index in [1.54, 1.807) is 43.2 Å². The molecule has 5 N–H and O–H groups in total. The number of anilines is 3. The van der Waals surface area contributed by atoms with Crippen molar-refractivity contribution in [2.24, 2.45) is 24.5 Å². The normalized spacial score (nSPS) is 14.3. The molecule has 4 rings (SSSR count). The molecule has 0 unspecified atom stereocenters. The molecular weight excluding hydrogens is 472 g/mol. The van der Waals surface area contributed by atoms with Crippen LogP contribution in [0, 0.1) is 5.92 Å². The summed E-state index contributed by atoms with van der Waals surface area (Å²) in [6.45, 7) is 2.69. The van der Waals surface area contributed by atoms with Gasteiger partial charge in [0.1, 0.15) is 6.61 Å². The highest BCUT2D eigenvalue weighted by molar-refractivity contribution is 5.94. The Bertz CT molecular complexity index is 1220. The highest BCUT2D eigenvalue weighted by Crippen LogP contribution is 2.26. The van der Waals surface area contributed by atoms with Crippen LogP contribution in [0.3, 0.4) is 0 Å². The Kier molecular flexibility index (Phi) is 7.29. The lowest BCUT2D eigenvalue weighted by molar-refractivity contribution is -0.120. The molecule has 0 atom stereocenters. The predicted octanol–water partition coefficient (Wildman–Crippen LogP) is 2.17. The third-order valence-corrected chi connectivity index (χ3v) is 5.70. The highest BCUT2D eigenvalue weighted by atomic mass is 19.3. The van der Waals surface area contributed by atoms with E-state index in [2.05, 4.69) is 20.6 Å². The van der Waals surface area contributed by atoms with Gasteiger partial charge >= 0.3 is 0 Å². The van der Waals surface area contributed by atoms with Crippen LogP contribution in [0.1, 0.15) is 18.9 Å². The Balaban J connectivity index is 1.29. The van der Waals surface area contributed by atoms with Crippen molar-refractivity contribution >= 4 is 23.1 Å². The molecule has 0 aliphatic carbocycles. The first-order valence-corrected chi connectivity index (χ1v) is 11.1. The number of alkyl halides is 2. The summed E-state index contributed by atoms with van der Waals surface area (Å²) in [6, 6.07) is 8.98. The van der Waals surface area contributed by atoms with Gasteiger partial charge in [-0.1, -0.05) is 12.1 Å². The zero-order valence-corrected chi connectivity index (χ0v) is 19.8. The van der Waals surface area contributed by atoms with Gasteiger partial charge < -0.3 is 20.7 Å². The van der Waals surface area contributed by atoms with E-state index in [4.69, 9.17) is 16.3 Å². The third kappa shape index (κ3) is 5.68. The van der Waals surface area contributed by atoms with Crippen LogP contribution in [-0.2, 0) is 11.8 Å². The minimum absolute atomic E-state index is 0.0102. The number of aryl methyl sites for hydroxylation is 1. The molecule has 0 spiro atoms. The topological polar surface area (TPSA) is 140 Å². The van der Waals surface area contributed by atoms with Gasteiger partial charge in [0.05, 0.1) is 29.2 Å². The third-order valence-electron chi connectivity index (χ3n) is 5.70. The van der Waals surface area contributed by atoms with E-state index in [0.29, 0.717) is 41.7 Å². The van der Waals surface area contributed by atoms with Gasteiger partial charge in [0, 0.05) is 43.7 Å². The minimum Gasteiger partial charge on any atom is -0.470 e. The molecule has 13 heteroatoms. The fourth-order valence-electron chi connectivity index (χ4n) is 3.57. The number of halogens is 2. The van der Waals surface area contributed by atoms with Crippen molar-refractivity contribution in [3.63, 3.8) is 0 Å². The quantitative estimate of drug-likeness (QED) is 0.298. The molecule has 1 aliphatic rings. The number of rotatable bonds is 9. The molecule has 190 valence electrons. The van der Waals surface area contributed by atoms with Crippen LogP contribution < -0.4 is 31.5 Å². The second-order valence-electron chi connectivity index (χ2n) is 8.40. The number of nitrogens with one attached hydrogen (secondary N) is 1. The van der Waals surface area contributed by atoms with Gasteiger partial charge in [-0.15, -0.1) is 10.2 Å². The molecule has 1 aromatic carbocycles. The number of benzene rings is 1. The maximum atomic E-state index is 12.8. The summed E-state index contributed by atoms with van der Waals surface area (Å²) in [5, 5.41) is 16.4. The van der Waals surface area contributed by atoms with Gasteiger partial charge in [-0.2, -0.15) is 5.10 Å². The van der Waals surface area contributed by atoms with Crippen LogP contribution in [0.4, 0.5) is 26.0 Å². The molecule has 0 bridgehead atoms. The Hall–Kier alpha value is -4.26. The van der Waals surface area contributed by atoms with Crippen LogP contribution in [0.15, 0.2) is 60.2 Å². The number of hydrogen-bond acceptors (Lipinski definition) is 9. The summed E-state index contributed by atoms with van der Waals surface area (Å²) in [7, 11) is 1.78. The summed E-state index contributed by atoms with van der Waals surface area (Å²) in [5.74, 6) is 6.80. The Morgan fingerprint density at radius 2 is 1.94 bits per heavy atom. The second-order valence-corrected chi connectivity index (χ2v) is 8.40. The molecule has 36 heavy (non-hydrogen) atoms. The number of carbonyl (C=O) groups is 1. The van der Waals surface area contributed by atoms with Crippen molar-refractivity contribution in [3.8, 4) is 5.88 Å². The lowest BCUT2D eigenvalue weighted by Gasteiger charge is -2.38. The van der Waals surface area contributed by atoms with E-state index >= 15 is 0 Å². The average Bonchev–Trinajstić information content (AvgIpc) is 3.23. The molecule has 1 aliphatic heterocycles. The number of hydrogen-bond donors (Lipinski definition) is 3. The number of carbonyl (C=O) groups excluding carboxylic acids is 1. The summed E-state index contributed by atoms with van der Waals surface area (Å²) < 4.78 is 32.9.